The Hall–Kier alpha value is -1.36. The molecule has 0 aliphatic heterocycles. The number of halogens is 1. The van der Waals surface area contributed by atoms with Crippen LogP contribution in [-0.2, 0) is 28.7 Å². The summed E-state index contributed by atoms with van der Waals surface area (Å²) in [5, 5.41) is 0. The summed E-state index contributed by atoms with van der Waals surface area (Å²) in [5.41, 5.74) is 12.0. The lowest BCUT2D eigenvalue weighted by Crippen LogP contribution is -2.44. The van der Waals surface area contributed by atoms with Crippen LogP contribution in [-0.4, -0.2) is 4.57 Å². The van der Waals surface area contributed by atoms with Crippen molar-refractivity contribution in [1.82, 2.24) is 4.57 Å². The molecule has 0 unspecified atom stereocenters. The molecule has 0 radical (unpaired) electrons. The summed E-state index contributed by atoms with van der Waals surface area (Å²) in [7, 11) is 2.22. The number of nitrogens with zero attached hydrogens (tertiary/aromatic N) is 2. The highest BCUT2D eigenvalue weighted by Gasteiger charge is 2.49. The fourth-order valence-corrected chi connectivity index (χ4v) is 8.05. The number of aryl methyl sites for hydroxylation is 1. The standard InChI is InChI=1S/C30H37N2.HI/c1-27-8-10-28(2,11-9-27)22-16-20(6-7-21(22)27)32-19-31(5)25-17-23-24(18-26(25)32)30(4)14-12-29(23,3)13-15-30;/h6-7,16-19H,8-15H2,1-5H3;1H/q+1;. The van der Waals surface area contributed by atoms with Gasteiger partial charge in [-0.3, -0.25) is 0 Å². The van der Waals surface area contributed by atoms with E-state index in [1.54, 1.807) is 22.3 Å². The number of hydrogen-bond donors (Lipinski definition) is 0. The topological polar surface area (TPSA) is 8.81 Å². The molecule has 1 aromatic heterocycles. The molecule has 9 rings (SSSR count). The lowest BCUT2D eigenvalue weighted by molar-refractivity contribution is -0.645. The van der Waals surface area contributed by atoms with E-state index in [1.165, 1.54) is 68.1 Å². The van der Waals surface area contributed by atoms with Gasteiger partial charge in [0.05, 0.1) is 7.05 Å². The molecule has 2 fully saturated rings. The van der Waals surface area contributed by atoms with Gasteiger partial charge in [-0.25, -0.2) is 4.57 Å². The Bertz CT molecular complexity index is 1300. The molecule has 0 saturated heterocycles. The first-order valence-corrected chi connectivity index (χ1v) is 12.9. The molecule has 6 aliphatic rings. The van der Waals surface area contributed by atoms with Gasteiger partial charge >= 0.3 is 0 Å². The van der Waals surface area contributed by atoms with Gasteiger partial charge in [-0.15, -0.1) is 24.0 Å². The Balaban J connectivity index is 0.00000206. The second-order valence-electron chi connectivity index (χ2n) is 13.0. The first kappa shape index (κ1) is 22.1. The highest BCUT2D eigenvalue weighted by Crippen LogP contribution is 2.58. The average molecular weight is 554 g/mol. The molecule has 3 heteroatoms. The molecule has 0 amide bonds. The van der Waals surface area contributed by atoms with Crippen LogP contribution in [0.3, 0.4) is 0 Å². The molecule has 0 spiro atoms. The first-order chi connectivity index (χ1) is 15.1. The Morgan fingerprint density at radius 3 is 1.64 bits per heavy atom. The van der Waals surface area contributed by atoms with Crippen LogP contribution in [0, 0.1) is 0 Å². The van der Waals surface area contributed by atoms with Gasteiger partial charge in [0.1, 0.15) is 5.69 Å². The number of fused-ring (bicyclic) bond motifs is 5. The van der Waals surface area contributed by atoms with Gasteiger partial charge in [0.25, 0.3) is 0 Å². The molecular weight excluding hydrogens is 515 g/mol. The summed E-state index contributed by atoms with van der Waals surface area (Å²) in [6, 6.07) is 12.5. The van der Waals surface area contributed by atoms with Gasteiger partial charge in [-0.05, 0) is 120 Å². The van der Waals surface area contributed by atoms with Crippen molar-refractivity contribution in [2.45, 2.75) is 101 Å². The van der Waals surface area contributed by atoms with Crippen molar-refractivity contribution in [3.05, 3.63) is 58.9 Å². The zero-order valence-electron chi connectivity index (χ0n) is 20.9. The maximum absolute atomic E-state index is 2.57. The van der Waals surface area contributed by atoms with Crippen molar-refractivity contribution in [2.75, 3.05) is 0 Å². The monoisotopic (exact) mass is 553 g/mol. The molecule has 0 N–H and O–H groups in total. The highest BCUT2D eigenvalue weighted by atomic mass is 127. The summed E-state index contributed by atoms with van der Waals surface area (Å²) in [6.07, 6.45) is 13.0. The van der Waals surface area contributed by atoms with Crippen molar-refractivity contribution >= 4 is 35.0 Å². The predicted octanol–water partition coefficient (Wildman–Crippen LogP) is 7.28. The number of hydrogen-bond acceptors (Lipinski definition) is 0. The average Bonchev–Trinajstić information content (AvgIpc) is 3.12. The van der Waals surface area contributed by atoms with Gasteiger partial charge in [-0.2, -0.15) is 4.57 Å². The van der Waals surface area contributed by atoms with Gasteiger partial charge in [-0.1, -0.05) is 33.8 Å². The van der Waals surface area contributed by atoms with Gasteiger partial charge in [0.15, 0.2) is 11.0 Å². The summed E-state index contributed by atoms with van der Waals surface area (Å²) in [5.74, 6) is 0. The molecule has 4 bridgehead atoms. The Morgan fingerprint density at radius 1 is 0.636 bits per heavy atom. The normalized spacial score (nSPS) is 35.9. The molecule has 2 nitrogen and oxygen atoms in total. The van der Waals surface area contributed by atoms with Crippen molar-refractivity contribution in [2.24, 2.45) is 7.05 Å². The van der Waals surface area contributed by atoms with Crippen LogP contribution in [0.1, 0.15) is 101 Å². The van der Waals surface area contributed by atoms with E-state index in [4.69, 9.17) is 0 Å². The molecular formula is C30H38IN2+. The van der Waals surface area contributed by atoms with E-state index in [0.29, 0.717) is 21.7 Å². The van der Waals surface area contributed by atoms with Crippen LogP contribution in [0.15, 0.2) is 36.7 Å². The number of imidazole rings is 1. The quantitative estimate of drug-likeness (QED) is 0.221. The minimum absolute atomic E-state index is 0. The SMILES string of the molecule is C[n+]1cn(-c2ccc3c(c2)C2(C)CCC3(C)CC2)c2cc3c(cc21)C1(C)CCC3(C)CC1.I. The third-order valence-electron chi connectivity index (χ3n) is 10.8. The number of benzene rings is 2. The van der Waals surface area contributed by atoms with E-state index >= 15 is 0 Å². The Labute approximate surface area is 215 Å². The fourth-order valence-electron chi connectivity index (χ4n) is 8.05. The second-order valence-corrected chi connectivity index (χ2v) is 13.0. The maximum Gasteiger partial charge on any atom is 0.249 e. The van der Waals surface area contributed by atoms with Crippen molar-refractivity contribution in [3.8, 4) is 5.69 Å². The van der Waals surface area contributed by atoms with Gasteiger partial charge in [0.2, 0.25) is 6.33 Å². The van der Waals surface area contributed by atoms with Crippen LogP contribution >= 0.6 is 24.0 Å². The number of rotatable bonds is 1. The maximum atomic E-state index is 2.57. The molecule has 3 aromatic rings. The summed E-state index contributed by atoms with van der Waals surface area (Å²) >= 11 is 0. The predicted molar refractivity (Wildman–Crippen MR) is 146 cm³/mol. The minimum atomic E-state index is 0. The fraction of sp³-hybridized carbons (Fsp3) is 0.567. The van der Waals surface area contributed by atoms with Crippen molar-refractivity contribution in [1.29, 1.82) is 0 Å². The van der Waals surface area contributed by atoms with Crippen LogP contribution in [0.25, 0.3) is 16.7 Å². The van der Waals surface area contributed by atoms with E-state index < -0.39 is 0 Å². The Morgan fingerprint density at radius 2 is 1.09 bits per heavy atom. The van der Waals surface area contributed by atoms with E-state index in [2.05, 4.69) is 80.5 Å². The molecule has 2 saturated carbocycles. The largest absolute Gasteiger partial charge is 0.249 e. The van der Waals surface area contributed by atoms with E-state index in [9.17, 15) is 0 Å². The van der Waals surface area contributed by atoms with Crippen LogP contribution in [0.4, 0.5) is 0 Å². The van der Waals surface area contributed by atoms with Crippen LogP contribution < -0.4 is 4.57 Å². The summed E-state index contributed by atoms with van der Waals surface area (Å²) < 4.78 is 4.82. The van der Waals surface area contributed by atoms with Crippen molar-refractivity contribution < 1.29 is 4.57 Å². The number of aromatic nitrogens is 2. The van der Waals surface area contributed by atoms with E-state index in [0.717, 1.165) is 0 Å². The lowest BCUT2D eigenvalue weighted by Gasteiger charge is -2.52. The third kappa shape index (κ3) is 2.75. The molecule has 1 heterocycles. The summed E-state index contributed by atoms with van der Waals surface area (Å²) in [4.78, 5) is 0. The minimum Gasteiger partial charge on any atom is -0.232 e. The Kier molecular flexibility index (Phi) is 4.46. The van der Waals surface area contributed by atoms with E-state index in [-0.39, 0.29) is 24.0 Å². The molecule has 33 heavy (non-hydrogen) atoms. The molecule has 6 aliphatic carbocycles. The molecule has 174 valence electrons. The van der Waals surface area contributed by atoms with Gasteiger partial charge in [0, 0.05) is 0 Å². The molecule has 2 aromatic carbocycles. The summed E-state index contributed by atoms with van der Waals surface area (Å²) in [6.45, 7) is 10.0. The van der Waals surface area contributed by atoms with Crippen molar-refractivity contribution in [3.63, 3.8) is 0 Å². The molecule has 0 atom stereocenters. The van der Waals surface area contributed by atoms with Crippen LogP contribution in [0.5, 0.6) is 0 Å². The smallest absolute Gasteiger partial charge is 0.232 e. The highest BCUT2D eigenvalue weighted by molar-refractivity contribution is 14.0. The lowest BCUT2D eigenvalue weighted by atomic mass is 9.52. The van der Waals surface area contributed by atoms with Gasteiger partial charge < -0.3 is 0 Å². The second kappa shape index (κ2) is 6.65. The van der Waals surface area contributed by atoms with Crippen LogP contribution in [0.2, 0.25) is 0 Å². The zero-order chi connectivity index (χ0) is 22.1. The zero-order valence-corrected chi connectivity index (χ0v) is 23.3. The first-order valence-electron chi connectivity index (χ1n) is 12.9. The third-order valence-corrected chi connectivity index (χ3v) is 10.8. The van der Waals surface area contributed by atoms with E-state index in [1.807, 2.05) is 0 Å².